The van der Waals surface area contributed by atoms with Gasteiger partial charge < -0.3 is 0 Å². The smallest absolute Gasteiger partial charge is 0.0105 e. The first kappa shape index (κ1) is 15.3. The molecule has 3 aromatic rings. The average Bonchev–Trinajstić information content (AvgIpc) is 2.55. The van der Waals surface area contributed by atoms with Gasteiger partial charge in [-0.3, -0.25) is 0 Å². The van der Waals surface area contributed by atoms with Gasteiger partial charge in [-0.2, -0.15) is 0 Å². The van der Waals surface area contributed by atoms with Gasteiger partial charge in [0.2, 0.25) is 0 Å². The molecular weight excluding hydrogens is 276 g/mol. The third-order valence-corrected chi connectivity index (χ3v) is 4.08. The molecule has 0 aliphatic heterocycles. The highest BCUT2D eigenvalue weighted by molar-refractivity contribution is 5.91. The van der Waals surface area contributed by atoms with Crippen LogP contribution in [0.15, 0.2) is 72.8 Å². The molecular formula is C23H22. The fourth-order valence-corrected chi connectivity index (χ4v) is 2.73. The largest absolute Gasteiger partial charge is 0.0614 e. The molecule has 23 heavy (non-hydrogen) atoms. The minimum absolute atomic E-state index is 1.24. The summed E-state index contributed by atoms with van der Waals surface area (Å²) in [4.78, 5) is 0. The Balaban J connectivity index is 2.13. The van der Waals surface area contributed by atoms with E-state index < -0.39 is 0 Å². The molecule has 0 amide bonds. The molecule has 0 saturated heterocycles. The summed E-state index contributed by atoms with van der Waals surface area (Å²) in [5.41, 5.74) is 8.85. The predicted octanol–water partition coefficient (Wildman–Crippen LogP) is 6.20. The highest BCUT2D eigenvalue weighted by atomic mass is 14.1. The molecule has 3 aromatic carbocycles. The van der Waals surface area contributed by atoms with Crippen molar-refractivity contribution in [1.82, 2.24) is 0 Å². The maximum absolute atomic E-state index is 2.28. The lowest BCUT2D eigenvalue weighted by Gasteiger charge is -2.10. The summed E-state index contributed by atoms with van der Waals surface area (Å²) in [6, 6.07) is 26.2. The Kier molecular flexibility index (Phi) is 4.43. The van der Waals surface area contributed by atoms with Crippen molar-refractivity contribution in [2.75, 3.05) is 0 Å². The number of aryl methyl sites for hydroxylation is 3. The molecule has 3 rings (SSSR count). The Morgan fingerprint density at radius 2 is 1.13 bits per heavy atom. The second kappa shape index (κ2) is 6.66. The minimum Gasteiger partial charge on any atom is -0.0614 e. The molecule has 0 saturated carbocycles. The molecule has 0 radical (unpaired) electrons. The van der Waals surface area contributed by atoms with Crippen molar-refractivity contribution in [3.63, 3.8) is 0 Å². The second-order valence-electron chi connectivity index (χ2n) is 6.20. The van der Waals surface area contributed by atoms with Crippen molar-refractivity contribution in [2.45, 2.75) is 20.8 Å². The summed E-state index contributed by atoms with van der Waals surface area (Å²) < 4.78 is 0. The predicted molar refractivity (Wildman–Crippen MR) is 101 cm³/mol. The van der Waals surface area contributed by atoms with E-state index >= 15 is 0 Å². The molecule has 0 heterocycles. The van der Waals surface area contributed by atoms with Gasteiger partial charge >= 0.3 is 0 Å². The summed E-state index contributed by atoms with van der Waals surface area (Å²) in [7, 11) is 0. The third-order valence-electron chi connectivity index (χ3n) is 4.08. The van der Waals surface area contributed by atoms with Crippen LogP contribution in [0.4, 0.5) is 0 Å². The van der Waals surface area contributed by atoms with Gasteiger partial charge in [0.05, 0.1) is 0 Å². The van der Waals surface area contributed by atoms with E-state index in [1.54, 1.807) is 0 Å². The van der Waals surface area contributed by atoms with Gasteiger partial charge in [-0.1, -0.05) is 89.5 Å². The van der Waals surface area contributed by atoms with E-state index in [1.807, 2.05) is 0 Å². The molecule has 0 heteroatoms. The summed E-state index contributed by atoms with van der Waals surface area (Å²) in [5.74, 6) is 0. The lowest BCUT2D eigenvalue weighted by Crippen LogP contribution is -1.89. The lowest BCUT2D eigenvalue weighted by molar-refractivity contribution is 1.42. The van der Waals surface area contributed by atoms with E-state index in [2.05, 4.69) is 99.6 Å². The highest BCUT2D eigenvalue weighted by Gasteiger charge is 2.05. The number of rotatable bonds is 3. The first-order chi connectivity index (χ1) is 11.1. The molecule has 0 unspecified atom stereocenters. The van der Waals surface area contributed by atoms with Gasteiger partial charge in [-0.25, -0.2) is 0 Å². The minimum atomic E-state index is 1.24. The van der Waals surface area contributed by atoms with E-state index in [4.69, 9.17) is 0 Å². The van der Waals surface area contributed by atoms with Crippen molar-refractivity contribution < 1.29 is 0 Å². The Bertz CT molecular complexity index is 771. The van der Waals surface area contributed by atoms with Crippen molar-refractivity contribution in [1.29, 1.82) is 0 Å². The molecule has 0 aliphatic rings. The van der Waals surface area contributed by atoms with Gasteiger partial charge in [0, 0.05) is 0 Å². The van der Waals surface area contributed by atoms with Crippen LogP contribution in [0.2, 0.25) is 0 Å². The summed E-state index contributed by atoms with van der Waals surface area (Å²) in [6.45, 7) is 6.38. The van der Waals surface area contributed by atoms with Gasteiger partial charge in [-0.05, 0) is 49.1 Å². The first-order valence-corrected chi connectivity index (χ1v) is 8.04. The Hall–Kier alpha value is -2.60. The fourth-order valence-electron chi connectivity index (χ4n) is 2.73. The van der Waals surface area contributed by atoms with Gasteiger partial charge in [0.1, 0.15) is 0 Å². The summed E-state index contributed by atoms with van der Waals surface area (Å²) in [6.07, 6.45) is 2.28. The molecule has 0 atom stereocenters. The molecule has 114 valence electrons. The monoisotopic (exact) mass is 298 g/mol. The molecule has 0 bridgehead atoms. The maximum atomic E-state index is 2.28. The molecule has 0 N–H and O–H groups in total. The van der Waals surface area contributed by atoms with Crippen LogP contribution in [0.3, 0.4) is 0 Å². The zero-order chi connectivity index (χ0) is 16.2. The topological polar surface area (TPSA) is 0 Å². The van der Waals surface area contributed by atoms with E-state index in [1.165, 1.54) is 39.0 Å². The highest BCUT2D eigenvalue weighted by Crippen LogP contribution is 2.27. The zero-order valence-electron chi connectivity index (χ0n) is 14.0. The molecule has 0 nitrogen and oxygen atoms in total. The van der Waals surface area contributed by atoms with Crippen LogP contribution in [-0.4, -0.2) is 0 Å². The number of benzene rings is 3. The van der Waals surface area contributed by atoms with Crippen LogP contribution in [0.25, 0.3) is 11.6 Å². The fraction of sp³-hybridized carbons (Fsp3) is 0.130. The Morgan fingerprint density at radius 1 is 0.609 bits per heavy atom. The van der Waals surface area contributed by atoms with Crippen LogP contribution in [0.1, 0.15) is 33.4 Å². The molecule has 0 aromatic heterocycles. The van der Waals surface area contributed by atoms with Crippen molar-refractivity contribution in [3.05, 3.63) is 106 Å². The zero-order valence-corrected chi connectivity index (χ0v) is 14.0. The SMILES string of the molecule is Cc1ccc(C(=Cc2cccc(C)c2)c2ccc(C)cc2)cc1. The van der Waals surface area contributed by atoms with Gasteiger partial charge in [0.15, 0.2) is 0 Å². The Morgan fingerprint density at radius 3 is 1.61 bits per heavy atom. The maximum Gasteiger partial charge on any atom is -0.0105 e. The van der Waals surface area contributed by atoms with Crippen LogP contribution < -0.4 is 0 Å². The van der Waals surface area contributed by atoms with Gasteiger partial charge in [-0.15, -0.1) is 0 Å². The third kappa shape index (κ3) is 3.78. The lowest BCUT2D eigenvalue weighted by atomic mass is 9.94. The van der Waals surface area contributed by atoms with E-state index in [0.29, 0.717) is 0 Å². The van der Waals surface area contributed by atoms with Crippen LogP contribution in [-0.2, 0) is 0 Å². The van der Waals surface area contributed by atoms with E-state index in [0.717, 1.165) is 0 Å². The normalized spacial score (nSPS) is 10.4. The quantitative estimate of drug-likeness (QED) is 0.505. The van der Waals surface area contributed by atoms with E-state index in [-0.39, 0.29) is 0 Å². The van der Waals surface area contributed by atoms with Crippen LogP contribution in [0.5, 0.6) is 0 Å². The summed E-state index contributed by atoms with van der Waals surface area (Å²) in [5, 5.41) is 0. The number of hydrogen-bond donors (Lipinski definition) is 0. The second-order valence-corrected chi connectivity index (χ2v) is 6.20. The first-order valence-electron chi connectivity index (χ1n) is 8.04. The van der Waals surface area contributed by atoms with Crippen LogP contribution in [0, 0.1) is 20.8 Å². The summed E-state index contributed by atoms with van der Waals surface area (Å²) >= 11 is 0. The number of hydrogen-bond acceptors (Lipinski definition) is 0. The standard InChI is InChI=1S/C23H22/c1-17-7-11-21(12-8-17)23(22-13-9-18(2)10-14-22)16-20-6-4-5-19(3)15-20/h4-16H,1-3H3. The van der Waals surface area contributed by atoms with Crippen molar-refractivity contribution in [2.24, 2.45) is 0 Å². The Labute approximate surface area is 139 Å². The molecule has 0 aliphatic carbocycles. The molecule has 0 spiro atoms. The average molecular weight is 298 g/mol. The van der Waals surface area contributed by atoms with Crippen LogP contribution >= 0.6 is 0 Å². The van der Waals surface area contributed by atoms with Gasteiger partial charge in [0.25, 0.3) is 0 Å². The van der Waals surface area contributed by atoms with Crippen molar-refractivity contribution >= 4 is 11.6 Å². The van der Waals surface area contributed by atoms with Crippen molar-refractivity contribution in [3.8, 4) is 0 Å². The van der Waals surface area contributed by atoms with E-state index in [9.17, 15) is 0 Å². The molecule has 0 fully saturated rings.